The van der Waals surface area contributed by atoms with Gasteiger partial charge in [-0.25, -0.2) is 4.79 Å². The highest BCUT2D eigenvalue weighted by atomic mass is 35.5. The lowest BCUT2D eigenvalue weighted by atomic mass is 10.2. The van der Waals surface area contributed by atoms with Gasteiger partial charge in [0.1, 0.15) is 4.88 Å². The smallest absolute Gasteiger partial charge is 0.348 e. The first-order valence-electron chi connectivity index (χ1n) is 3.45. The molecule has 0 N–H and O–H groups in total. The molecule has 0 saturated heterocycles. The fourth-order valence-corrected chi connectivity index (χ4v) is 1.82. The van der Waals surface area contributed by atoms with E-state index < -0.39 is 5.97 Å². The molecule has 1 heterocycles. The third kappa shape index (κ3) is 2.08. The number of rotatable bonds is 3. The zero-order valence-corrected chi connectivity index (χ0v) is 8.45. The van der Waals surface area contributed by atoms with Gasteiger partial charge in [-0.05, 0) is 11.4 Å². The maximum absolute atomic E-state index is 11.2. The molecule has 0 atom stereocenters. The molecule has 0 aliphatic carbocycles. The van der Waals surface area contributed by atoms with Crippen LogP contribution in [0, 0.1) is 0 Å². The number of hydrogen-bond acceptors (Lipinski definition) is 4. The van der Waals surface area contributed by atoms with E-state index in [0.29, 0.717) is 10.4 Å². The summed E-state index contributed by atoms with van der Waals surface area (Å²) in [7, 11) is 1.27. The number of ether oxygens (including phenoxy) is 1. The molecule has 1 aromatic rings. The highest BCUT2D eigenvalue weighted by Gasteiger charge is 2.17. The van der Waals surface area contributed by atoms with E-state index in [1.54, 1.807) is 11.4 Å². The van der Waals surface area contributed by atoms with Gasteiger partial charge in [0.25, 0.3) is 0 Å². The molecular formula is C8H7ClO3S. The average molecular weight is 219 g/mol. The van der Waals surface area contributed by atoms with Gasteiger partial charge in [-0.2, -0.15) is 0 Å². The molecule has 0 bridgehead atoms. The summed E-state index contributed by atoms with van der Waals surface area (Å²) in [6.07, 6.45) is 0. The van der Waals surface area contributed by atoms with E-state index in [-0.39, 0.29) is 11.7 Å². The first kappa shape index (κ1) is 10.2. The minimum Gasteiger partial charge on any atom is -0.465 e. The van der Waals surface area contributed by atoms with E-state index in [1.165, 1.54) is 18.4 Å². The maximum Gasteiger partial charge on any atom is 0.348 e. The largest absolute Gasteiger partial charge is 0.465 e. The van der Waals surface area contributed by atoms with Crippen molar-refractivity contribution in [3.8, 4) is 0 Å². The second-order valence-corrected chi connectivity index (χ2v) is 3.40. The minimum absolute atomic E-state index is 0.124. The van der Waals surface area contributed by atoms with Crippen LogP contribution in [0.15, 0.2) is 11.4 Å². The van der Waals surface area contributed by atoms with Crippen molar-refractivity contribution in [3.05, 3.63) is 21.9 Å². The first-order valence-corrected chi connectivity index (χ1v) is 4.87. The summed E-state index contributed by atoms with van der Waals surface area (Å²) in [5.41, 5.74) is 0.340. The maximum atomic E-state index is 11.2. The molecule has 0 radical (unpaired) electrons. The van der Waals surface area contributed by atoms with E-state index in [2.05, 4.69) is 4.74 Å². The molecule has 0 unspecified atom stereocenters. The van der Waals surface area contributed by atoms with Gasteiger partial charge in [0.15, 0.2) is 5.78 Å². The van der Waals surface area contributed by atoms with Crippen molar-refractivity contribution in [3.63, 3.8) is 0 Å². The first-order chi connectivity index (χ1) is 6.20. The number of halogens is 1. The van der Waals surface area contributed by atoms with Crippen LogP contribution in [-0.4, -0.2) is 24.7 Å². The van der Waals surface area contributed by atoms with Gasteiger partial charge >= 0.3 is 5.97 Å². The summed E-state index contributed by atoms with van der Waals surface area (Å²) in [4.78, 5) is 22.6. The number of methoxy groups -OCH3 is 1. The lowest BCUT2D eigenvalue weighted by Gasteiger charge is -1.97. The Morgan fingerprint density at radius 3 is 2.85 bits per heavy atom. The van der Waals surface area contributed by atoms with Crippen LogP contribution in [0.25, 0.3) is 0 Å². The molecule has 1 rings (SSSR count). The summed E-state index contributed by atoms with van der Waals surface area (Å²) in [5, 5.41) is 1.66. The lowest BCUT2D eigenvalue weighted by molar-refractivity contribution is 0.0603. The molecule has 0 fully saturated rings. The average Bonchev–Trinajstić information content (AvgIpc) is 2.63. The number of Topliss-reactive ketones (excluding diaryl/α,β-unsaturated/α-hetero) is 1. The van der Waals surface area contributed by atoms with Crippen LogP contribution >= 0.6 is 22.9 Å². The topological polar surface area (TPSA) is 43.4 Å². The van der Waals surface area contributed by atoms with E-state index in [9.17, 15) is 9.59 Å². The van der Waals surface area contributed by atoms with Crippen LogP contribution in [0.4, 0.5) is 0 Å². The second-order valence-electron chi connectivity index (χ2n) is 2.21. The van der Waals surface area contributed by atoms with Crippen molar-refractivity contribution < 1.29 is 14.3 Å². The predicted octanol–water partition coefficient (Wildman–Crippen LogP) is 1.96. The predicted molar refractivity (Wildman–Crippen MR) is 50.7 cm³/mol. The van der Waals surface area contributed by atoms with Crippen LogP contribution < -0.4 is 0 Å². The molecule has 0 saturated carbocycles. The van der Waals surface area contributed by atoms with Crippen molar-refractivity contribution in [2.75, 3.05) is 13.0 Å². The summed E-state index contributed by atoms with van der Waals surface area (Å²) in [6, 6.07) is 1.57. The van der Waals surface area contributed by atoms with E-state index in [1.807, 2.05) is 0 Å². The summed E-state index contributed by atoms with van der Waals surface area (Å²) >= 11 is 6.54. The number of carbonyl (C=O) groups is 2. The van der Waals surface area contributed by atoms with Crippen molar-refractivity contribution in [2.45, 2.75) is 0 Å². The third-order valence-electron chi connectivity index (χ3n) is 1.46. The highest BCUT2D eigenvalue weighted by Crippen LogP contribution is 2.18. The van der Waals surface area contributed by atoms with Gasteiger partial charge < -0.3 is 4.74 Å². The van der Waals surface area contributed by atoms with Gasteiger partial charge in [-0.3, -0.25) is 4.79 Å². The Kier molecular flexibility index (Phi) is 3.45. The van der Waals surface area contributed by atoms with Crippen LogP contribution in [-0.2, 0) is 4.74 Å². The Labute approximate surface area is 84.3 Å². The minimum atomic E-state index is -0.497. The van der Waals surface area contributed by atoms with Crippen LogP contribution in [0.1, 0.15) is 20.0 Å². The zero-order chi connectivity index (χ0) is 9.84. The molecule has 70 valence electrons. The number of thiophene rings is 1. The Morgan fingerprint density at radius 1 is 1.62 bits per heavy atom. The quantitative estimate of drug-likeness (QED) is 0.443. The zero-order valence-electron chi connectivity index (χ0n) is 6.87. The number of alkyl halides is 1. The summed E-state index contributed by atoms with van der Waals surface area (Å²) in [6.45, 7) is 0. The van der Waals surface area contributed by atoms with Gasteiger partial charge in [-0.1, -0.05) is 0 Å². The summed E-state index contributed by atoms with van der Waals surface area (Å²) in [5.74, 6) is -0.882. The van der Waals surface area contributed by atoms with Crippen LogP contribution in [0.2, 0.25) is 0 Å². The number of esters is 1. The molecular weight excluding hydrogens is 212 g/mol. The molecule has 13 heavy (non-hydrogen) atoms. The standard InChI is InChI=1S/C8H7ClO3S/c1-12-8(11)7-5(2-3-13-7)6(10)4-9/h2-3H,4H2,1H3. The summed E-state index contributed by atoms with van der Waals surface area (Å²) < 4.78 is 4.51. The normalized spacial score (nSPS) is 9.69. The van der Waals surface area contributed by atoms with Gasteiger partial charge in [0, 0.05) is 5.56 Å². The Balaban J connectivity index is 3.02. The SMILES string of the molecule is COC(=O)c1sccc1C(=O)CCl. The fraction of sp³-hybridized carbons (Fsp3) is 0.250. The van der Waals surface area contributed by atoms with E-state index in [4.69, 9.17) is 11.6 Å². The molecule has 3 nitrogen and oxygen atoms in total. The Hall–Kier alpha value is -0.870. The van der Waals surface area contributed by atoms with Gasteiger partial charge in [-0.15, -0.1) is 22.9 Å². The number of hydrogen-bond donors (Lipinski definition) is 0. The Morgan fingerprint density at radius 2 is 2.31 bits per heavy atom. The molecule has 0 amide bonds. The molecule has 5 heteroatoms. The highest BCUT2D eigenvalue weighted by molar-refractivity contribution is 7.12. The number of carbonyl (C=O) groups excluding carboxylic acids is 2. The van der Waals surface area contributed by atoms with Crippen molar-refractivity contribution >= 4 is 34.7 Å². The van der Waals surface area contributed by atoms with Gasteiger partial charge in [0.05, 0.1) is 13.0 Å². The van der Waals surface area contributed by atoms with E-state index >= 15 is 0 Å². The molecule has 0 aliphatic heterocycles. The van der Waals surface area contributed by atoms with Crippen molar-refractivity contribution in [1.29, 1.82) is 0 Å². The fourth-order valence-electron chi connectivity index (χ4n) is 0.852. The molecule has 0 aromatic carbocycles. The lowest BCUT2D eigenvalue weighted by Crippen LogP contribution is -2.07. The van der Waals surface area contributed by atoms with E-state index in [0.717, 1.165) is 0 Å². The third-order valence-corrected chi connectivity index (χ3v) is 2.59. The molecule has 0 aliphatic rings. The number of ketones is 1. The second kappa shape index (κ2) is 4.39. The molecule has 0 spiro atoms. The molecule has 1 aromatic heterocycles. The Bertz CT molecular complexity index is 301. The van der Waals surface area contributed by atoms with Crippen molar-refractivity contribution in [1.82, 2.24) is 0 Å². The van der Waals surface area contributed by atoms with Gasteiger partial charge in [0.2, 0.25) is 0 Å². The van der Waals surface area contributed by atoms with Crippen LogP contribution in [0.5, 0.6) is 0 Å². The van der Waals surface area contributed by atoms with Crippen LogP contribution in [0.3, 0.4) is 0 Å². The van der Waals surface area contributed by atoms with Crippen molar-refractivity contribution in [2.24, 2.45) is 0 Å². The monoisotopic (exact) mass is 218 g/mol.